The van der Waals surface area contributed by atoms with Crippen LogP contribution in [0.5, 0.6) is 5.75 Å². The summed E-state index contributed by atoms with van der Waals surface area (Å²) < 4.78 is 44.5. The molecule has 0 aromatic heterocycles. The maximum atomic E-state index is 13.1. The van der Waals surface area contributed by atoms with Crippen LogP contribution in [0.15, 0.2) is 48.5 Å². The van der Waals surface area contributed by atoms with Crippen LogP contribution in [-0.2, 0) is 17.4 Å². The van der Waals surface area contributed by atoms with Crippen molar-refractivity contribution in [3.05, 3.63) is 65.2 Å². The van der Waals surface area contributed by atoms with Crippen LogP contribution < -0.4 is 15.4 Å². The second kappa shape index (κ2) is 11.6. The number of carbonyl (C=O) groups excluding carboxylic acids is 2. The Balaban J connectivity index is 2.03. The molecule has 31 heavy (non-hydrogen) atoms. The van der Waals surface area contributed by atoms with Gasteiger partial charge in [-0.25, -0.2) is 0 Å². The molecule has 0 bridgehead atoms. The first kappa shape index (κ1) is 24.6. The van der Waals surface area contributed by atoms with Gasteiger partial charge in [0.1, 0.15) is 11.8 Å². The Bertz CT molecular complexity index is 890. The van der Waals surface area contributed by atoms with Gasteiger partial charge in [-0.3, -0.25) is 9.59 Å². The van der Waals surface area contributed by atoms with Crippen molar-refractivity contribution >= 4 is 23.6 Å². The molecule has 2 amide bonds. The Kier molecular flexibility index (Phi) is 9.23. The first-order chi connectivity index (χ1) is 14.8. The Morgan fingerprint density at radius 1 is 1.10 bits per heavy atom. The predicted octanol–water partition coefficient (Wildman–Crippen LogP) is 3.92. The Hall–Kier alpha value is -2.68. The van der Waals surface area contributed by atoms with Gasteiger partial charge >= 0.3 is 6.18 Å². The molecular formula is C22H25F3N2O3S. The van der Waals surface area contributed by atoms with Crippen LogP contribution in [0.2, 0.25) is 0 Å². The average Bonchev–Trinajstić information content (AvgIpc) is 2.75. The highest BCUT2D eigenvalue weighted by molar-refractivity contribution is 7.98. The predicted molar refractivity (Wildman–Crippen MR) is 115 cm³/mol. The number of nitrogens with one attached hydrogen (secondary N) is 2. The third-order valence-electron chi connectivity index (χ3n) is 4.60. The molecule has 2 N–H and O–H groups in total. The van der Waals surface area contributed by atoms with E-state index in [4.69, 9.17) is 4.74 Å². The highest BCUT2D eigenvalue weighted by atomic mass is 32.2. The molecule has 0 aliphatic carbocycles. The maximum Gasteiger partial charge on any atom is 0.416 e. The Labute approximate surface area is 183 Å². The molecule has 2 aromatic rings. The molecule has 0 aliphatic heterocycles. The molecule has 5 nitrogen and oxygen atoms in total. The normalized spacial score (nSPS) is 12.2. The van der Waals surface area contributed by atoms with Gasteiger partial charge in [0, 0.05) is 6.54 Å². The summed E-state index contributed by atoms with van der Waals surface area (Å²) in [6.45, 7) is 0.0201. The van der Waals surface area contributed by atoms with Crippen molar-refractivity contribution in [2.45, 2.75) is 25.1 Å². The third-order valence-corrected chi connectivity index (χ3v) is 5.24. The van der Waals surface area contributed by atoms with Crippen LogP contribution in [0.3, 0.4) is 0 Å². The van der Waals surface area contributed by atoms with Gasteiger partial charge in [-0.15, -0.1) is 0 Å². The molecule has 2 rings (SSSR count). The molecule has 0 saturated carbocycles. The first-order valence-electron chi connectivity index (χ1n) is 9.63. The number of amides is 2. The van der Waals surface area contributed by atoms with Gasteiger partial charge in [-0.05, 0) is 48.6 Å². The van der Waals surface area contributed by atoms with Crippen molar-refractivity contribution in [2.75, 3.05) is 25.7 Å². The summed E-state index contributed by atoms with van der Waals surface area (Å²) in [7, 11) is 1.45. The van der Waals surface area contributed by atoms with Crippen molar-refractivity contribution < 1.29 is 27.5 Å². The van der Waals surface area contributed by atoms with Crippen molar-refractivity contribution in [3.63, 3.8) is 0 Å². The minimum Gasteiger partial charge on any atom is -0.496 e. The number of hydrogen-bond acceptors (Lipinski definition) is 4. The van der Waals surface area contributed by atoms with Crippen LogP contribution in [0.4, 0.5) is 13.2 Å². The number of rotatable bonds is 10. The smallest absolute Gasteiger partial charge is 0.416 e. The van der Waals surface area contributed by atoms with E-state index in [2.05, 4.69) is 10.6 Å². The quantitative estimate of drug-likeness (QED) is 0.571. The summed E-state index contributed by atoms with van der Waals surface area (Å²) in [5.41, 5.74) is -0.312. The van der Waals surface area contributed by atoms with Crippen molar-refractivity contribution in [1.29, 1.82) is 0 Å². The van der Waals surface area contributed by atoms with E-state index in [0.29, 0.717) is 23.5 Å². The third kappa shape index (κ3) is 7.20. The van der Waals surface area contributed by atoms with E-state index in [0.717, 1.165) is 6.07 Å². The first-order valence-corrected chi connectivity index (χ1v) is 11.0. The van der Waals surface area contributed by atoms with Gasteiger partial charge in [-0.1, -0.05) is 30.3 Å². The summed E-state index contributed by atoms with van der Waals surface area (Å²) in [5.74, 6) is 0.108. The molecule has 9 heteroatoms. The van der Waals surface area contributed by atoms with Gasteiger partial charge < -0.3 is 15.4 Å². The van der Waals surface area contributed by atoms with Gasteiger partial charge in [-0.2, -0.15) is 24.9 Å². The van der Waals surface area contributed by atoms with E-state index in [1.54, 1.807) is 24.3 Å². The maximum absolute atomic E-state index is 13.1. The highest BCUT2D eigenvalue weighted by Crippen LogP contribution is 2.31. The fourth-order valence-corrected chi connectivity index (χ4v) is 3.50. The fourth-order valence-electron chi connectivity index (χ4n) is 3.03. The Morgan fingerprint density at radius 2 is 1.77 bits per heavy atom. The van der Waals surface area contributed by atoms with E-state index < -0.39 is 29.6 Å². The summed E-state index contributed by atoms with van der Waals surface area (Å²) in [6.07, 6.45) is -2.17. The fraction of sp³-hybridized carbons (Fsp3) is 0.364. The van der Waals surface area contributed by atoms with Crippen molar-refractivity contribution in [3.8, 4) is 5.75 Å². The van der Waals surface area contributed by atoms with Crippen LogP contribution in [0, 0.1) is 0 Å². The molecule has 0 radical (unpaired) electrons. The number of halogens is 3. The Morgan fingerprint density at radius 3 is 2.45 bits per heavy atom. The zero-order valence-corrected chi connectivity index (χ0v) is 18.1. The molecule has 0 aliphatic rings. The van der Waals surface area contributed by atoms with E-state index in [1.807, 2.05) is 6.26 Å². The standard InChI is InChI=1S/C22H25F3N2O3S/c1-30-19-10-6-4-8-16(19)20(28)27-18(12-14-31-2)21(29)26-13-11-15-7-3-5-9-17(15)22(23,24)25/h3-10,18H,11-14H2,1-2H3,(H,26,29)(H,27,28). The van der Waals surface area contributed by atoms with Gasteiger partial charge in [0.25, 0.3) is 5.91 Å². The van der Waals surface area contributed by atoms with E-state index >= 15 is 0 Å². The molecule has 168 valence electrons. The molecule has 1 atom stereocenters. The number of hydrogen-bond donors (Lipinski definition) is 2. The van der Waals surface area contributed by atoms with E-state index in [1.165, 1.54) is 37.1 Å². The second-order valence-electron chi connectivity index (χ2n) is 6.70. The minimum atomic E-state index is -4.45. The zero-order valence-electron chi connectivity index (χ0n) is 17.3. The molecule has 2 aromatic carbocycles. The molecule has 0 fully saturated rings. The summed E-state index contributed by atoms with van der Waals surface area (Å²) >= 11 is 1.52. The lowest BCUT2D eigenvalue weighted by molar-refractivity contribution is -0.138. The summed E-state index contributed by atoms with van der Waals surface area (Å²) in [6, 6.07) is 11.1. The average molecular weight is 455 g/mol. The number of benzene rings is 2. The minimum absolute atomic E-state index is 0.0201. The van der Waals surface area contributed by atoms with Crippen LogP contribution in [0.25, 0.3) is 0 Å². The van der Waals surface area contributed by atoms with E-state index in [9.17, 15) is 22.8 Å². The second-order valence-corrected chi connectivity index (χ2v) is 7.69. The monoisotopic (exact) mass is 454 g/mol. The topological polar surface area (TPSA) is 67.4 Å². The number of ether oxygens (including phenoxy) is 1. The number of methoxy groups -OCH3 is 1. The van der Waals surface area contributed by atoms with Crippen LogP contribution in [-0.4, -0.2) is 43.5 Å². The molecule has 0 spiro atoms. The number of thioether (sulfide) groups is 1. The van der Waals surface area contributed by atoms with Gasteiger partial charge in [0.05, 0.1) is 18.2 Å². The highest BCUT2D eigenvalue weighted by Gasteiger charge is 2.32. The molecular weight excluding hydrogens is 429 g/mol. The lowest BCUT2D eigenvalue weighted by Crippen LogP contribution is -2.47. The van der Waals surface area contributed by atoms with E-state index in [-0.39, 0.29) is 18.5 Å². The van der Waals surface area contributed by atoms with Crippen molar-refractivity contribution in [2.24, 2.45) is 0 Å². The van der Waals surface area contributed by atoms with Crippen LogP contribution >= 0.6 is 11.8 Å². The molecule has 0 heterocycles. The number of para-hydroxylation sites is 1. The van der Waals surface area contributed by atoms with Crippen LogP contribution in [0.1, 0.15) is 27.9 Å². The number of carbonyl (C=O) groups is 2. The molecule has 1 unspecified atom stereocenters. The van der Waals surface area contributed by atoms with Crippen molar-refractivity contribution in [1.82, 2.24) is 10.6 Å². The lowest BCUT2D eigenvalue weighted by Gasteiger charge is -2.19. The SMILES string of the molecule is COc1ccccc1C(=O)NC(CCSC)C(=O)NCCc1ccccc1C(F)(F)F. The van der Waals surface area contributed by atoms with Gasteiger partial charge in [0.15, 0.2) is 0 Å². The lowest BCUT2D eigenvalue weighted by atomic mass is 10.0. The molecule has 0 saturated heterocycles. The summed E-state index contributed by atoms with van der Waals surface area (Å²) in [4.78, 5) is 25.3. The number of alkyl halides is 3. The largest absolute Gasteiger partial charge is 0.496 e. The zero-order chi connectivity index (χ0) is 22.9. The summed E-state index contributed by atoms with van der Waals surface area (Å²) in [5, 5.41) is 5.35. The van der Waals surface area contributed by atoms with Gasteiger partial charge in [0.2, 0.25) is 5.91 Å².